The minimum Gasteiger partial charge on any atom is -0.295 e. The largest absolute Gasteiger partial charge is 0.295 e. The number of aldehydes is 1. The Bertz CT molecular complexity index is 377. The summed E-state index contributed by atoms with van der Waals surface area (Å²) in [7, 11) is -1.33. The Hall–Kier alpha value is -1.22. The van der Waals surface area contributed by atoms with Crippen LogP contribution in [0.15, 0.2) is 24.3 Å². The number of carbonyl (C=O) groups is 2. The minimum absolute atomic E-state index is 0.224. The summed E-state index contributed by atoms with van der Waals surface area (Å²) < 4.78 is 0. The van der Waals surface area contributed by atoms with E-state index in [4.69, 9.17) is 0 Å². The Morgan fingerprint density at radius 1 is 1.33 bits per heavy atom. The van der Waals surface area contributed by atoms with Gasteiger partial charge in [0.25, 0.3) is 0 Å². The van der Waals surface area contributed by atoms with Gasteiger partial charge in [-0.1, -0.05) is 49.1 Å². The normalized spacial score (nSPS) is 11.1. The van der Waals surface area contributed by atoms with Crippen LogP contribution in [0.3, 0.4) is 0 Å². The van der Waals surface area contributed by atoms with E-state index in [1.165, 1.54) is 5.19 Å². The smallest absolute Gasteiger partial charge is 0.199 e. The Labute approximate surface area is 91.3 Å². The van der Waals surface area contributed by atoms with E-state index in [9.17, 15) is 9.59 Å². The van der Waals surface area contributed by atoms with Crippen molar-refractivity contribution in [1.82, 2.24) is 0 Å². The second-order valence-electron chi connectivity index (χ2n) is 4.71. The molecule has 0 fully saturated rings. The van der Waals surface area contributed by atoms with Crippen LogP contribution in [-0.2, 0) is 16.0 Å². The molecule has 1 aromatic rings. The molecule has 0 aromatic heterocycles. The standard InChI is InChI=1S/C12H16O2Si/c1-15(2,3)12-6-4-5-10(8-12)7-11(14)9-13/h4-6,8-9H,7H2,1-3H3. The summed E-state index contributed by atoms with van der Waals surface area (Å²) in [4.78, 5) is 21.2. The fraction of sp³-hybridized carbons (Fsp3) is 0.333. The number of rotatable bonds is 4. The molecule has 0 heterocycles. The molecule has 0 unspecified atom stereocenters. The zero-order valence-electron chi connectivity index (χ0n) is 9.41. The van der Waals surface area contributed by atoms with Crippen LogP contribution in [0.5, 0.6) is 0 Å². The highest BCUT2D eigenvalue weighted by Gasteiger charge is 2.16. The van der Waals surface area contributed by atoms with Crippen molar-refractivity contribution in [2.24, 2.45) is 0 Å². The van der Waals surface area contributed by atoms with Crippen molar-refractivity contribution in [3.05, 3.63) is 29.8 Å². The van der Waals surface area contributed by atoms with Crippen LogP contribution in [-0.4, -0.2) is 20.1 Å². The fourth-order valence-electron chi connectivity index (χ4n) is 1.39. The number of hydrogen-bond acceptors (Lipinski definition) is 2. The molecule has 15 heavy (non-hydrogen) atoms. The van der Waals surface area contributed by atoms with E-state index in [1.807, 2.05) is 18.2 Å². The first-order chi connectivity index (χ1) is 6.93. The van der Waals surface area contributed by atoms with Crippen molar-refractivity contribution in [3.63, 3.8) is 0 Å². The maximum atomic E-state index is 11.0. The van der Waals surface area contributed by atoms with Crippen LogP contribution < -0.4 is 5.19 Å². The third-order valence-electron chi connectivity index (χ3n) is 2.30. The maximum absolute atomic E-state index is 11.0. The number of benzene rings is 1. The molecule has 1 rings (SSSR count). The highest BCUT2D eigenvalue weighted by Crippen LogP contribution is 2.05. The minimum atomic E-state index is -1.33. The van der Waals surface area contributed by atoms with Crippen LogP contribution >= 0.6 is 0 Å². The first kappa shape index (κ1) is 11.8. The number of carbonyl (C=O) groups excluding carboxylic acids is 2. The molecule has 0 atom stereocenters. The molecule has 0 saturated carbocycles. The summed E-state index contributed by atoms with van der Waals surface area (Å²) in [6.45, 7) is 6.77. The molecule has 0 bridgehead atoms. The molecule has 0 aliphatic heterocycles. The average Bonchev–Trinajstić information content (AvgIpc) is 2.17. The molecule has 0 aliphatic rings. The zero-order valence-corrected chi connectivity index (χ0v) is 10.4. The van der Waals surface area contributed by atoms with Crippen LogP contribution in [0.2, 0.25) is 19.6 Å². The molecule has 0 aliphatic carbocycles. The van der Waals surface area contributed by atoms with Crippen LogP contribution in [0.4, 0.5) is 0 Å². The lowest BCUT2D eigenvalue weighted by Crippen LogP contribution is -2.37. The SMILES string of the molecule is C[Si](C)(C)c1cccc(CC(=O)C=O)c1. The van der Waals surface area contributed by atoms with Gasteiger partial charge in [0.15, 0.2) is 12.1 Å². The van der Waals surface area contributed by atoms with Gasteiger partial charge in [0.2, 0.25) is 0 Å². The zero-order chi connectivity index (χ0) is 11.5. The summed E-state index contributed by atoms with van der Waals surface area (Å²) in [5.41, 5.74) is 0.937. The molecule has 1 aromatic carbocycles. The Kier molecular flexibility index (Phi) is 3.58. The molecule has 2 nitrogen and oxygen atoms in total. The fourth-order valence-corrected chi connectivity index (χ4v) is 2.61. The van der Waals surface area contributed by atoms with Gasteiger partial charge in [-0.15, -0.1) is 0 Å². The van der Waals surface area contributed by atoms with Crippen molar-refractivity contribution >= 4 is 25.3 Å². The topological polar surface area (TPSA) is 34.1 Å². The predicted molar refractivity (Wildman–Crippen MR) is 64.2 cm³/mol. The monoisotopic (exact) mass is 220 g/mol. The first-order valence-corrected chi connectivity index (χ1v) is 8.51. The van der Waals surface area contributed by atoms with Crippen molar-refractivity contribution in [3.8, 4) is 0 Å². The van der Waals surface area contributed by atoms with Gasteiger partial charge >= 0.3 is 0 Å². The molecule has 80 valence electrons. The van der Waals surface area contributed by atoms with Crippen LogP contribution in [0.1, 0.15) is 5.56 Å². The summed E-state index contributed by atoms with van der Waals surface area (Å²) in [5, 5.41) is 1.32. The molecule has 0 amide bonds. The van der Waals surface area contributed by atoms with Gasteiger partial charge in [0, 0.05) is 6.42 Å². The quantitative estimate of drug-likeness (QED) is 0.438. The Morgan fingerprint density at radius 2 is 2.00 bits per heavy atom. The third kappa shape index (κ3) is 3.44. The van der Waals surface area contributed by atoms with Crippen molar-refractivity contribution in [2.75, 3.05) is 0 Å². The van der Waals surface area contributed by atoms with Gasteiger partial charge in [-0.3, -0.25) is 9.59 Å². The summed E-state index contributed by atoms with van der Waals surface area (Å²) in [6, 6.07) is 8.00. The Balaban J connectivity index is 2.93. The lowest BCUT2D eigenvalue weighted by Gasteiger charge is -2.17. The lowest BCUT2D eigenvalue weighted by molar-refractivity contribution is -0.129. The van der Waals surface area contributed by atoms with Crippen molar-refractivity contribution in [1.29, 1.82) is 0 Å². The van der Waals surface area contributed by atoms with Crippen LogP contribution in [0.25, 0.3) is 0 Å². The second kappa shape index (κ2) is 4.53. The molecular weight excluding hydrogens is 204 g/mol. The lowest BCUT2D eigenvalue weighted by atomic mass is 10.1. The van der Waals surface area contributed by atoms with Gasteiger partial charge in [-0.05, 0) is 5.56 Å². The molecule has 0 spiro atoms. The van der Waals surface area contributed by atoms with E-state index in [-0.39, 0.29) is 12.2 Å². The second-order valence-corrected chi connectivity index (χ2v) is 9.79. The van der Waals surface area contributed by atoms with E-state index in [0.717, 1.165) is 5.56 Å². The maximum Gasteiger partial charge on any atom is 0.199 e. The van der Waals surface area contributed by atoms with E-state index < -0.39 is 8.07 Å². The summed E-state index contributed by atoms with van der Waals surface area (Å²) in [5.74, 6) is -0.359. The molecular formula is C12H16O2Si. The van der Waals surface area contributed by atoms with E-state index in [1.54, 1.807) is 0 Å². The molecule has 0 saturated heterocycles. The van der Waals surface area contributed by atoms with Gasteiger partial charge in [-0.2, -0.15) is 0 Å². The van der Waals surface area contributed by atoms with Crippen molar-refractivity contribution in [2.45, 2.75) is 26.1 Å². The molecule has 3 heteroatoms. The van der Waals surface area contributed by atoms with Gasteiger partial charge in [0.1, 0.15) is 0 Å². The molecule has 0 radical (unpaired) electrons. The average molecular weight is 220 g/mol. The predicted octanol–water partition coefficient (Wildman–Crippen LogP) is 1.54. The van der Waals surface area contributed by atoms with E-state index in [2.05, 4.69) is 25.7 Å². The van der Waals surface area contributed by atoms with Crippen LogP contribution in [0, 0.1) is 0 Å². The van der Waals surface area contributed by atoms with Gasteiger partial charge in [-0.25, -0.2) is 0 Å². The van der Waals surface area contributed by atoms with Crippen molar-refractivity contribution < 1.29 is 9.59 Å². The number of ketones is 1. The van der Waals surface area contributed by atoms with Gasteiger partial charge < -0.3 is 0 Å². The molecule has 0 N–H and O–H groups in total. The number of hydrogen-bond donors (Lipinski definition) is 0. The highest BCUT2D eigenvalue weighted by atomic mass is 28.3. The highest BCUT2D eigenvalue weighted by molar-refractivity contribution is 6.88. The summed E-state index contributed by atoms with van der Waals surface area (Å²) in [6.07, 6.45) is 0.614. The number of Topliss-reactive ketones (excluding diaryl/α,β-unsaturated/α-hetero) is 1. The van der Waals surface area contributed by atoms with E-state index >= 15 is 0 Å². The van der Waals surface area contributed by atoms with Gasteiger partial charge in [0.05, 0.1) is 8.07 Å². The Morgan fingerprint density at radius 3 is 2.53 bits per heavy atom. The summed E-state index contributed by atoms with van der Waals surface area (Å²) >= 11 is 0. The van der Waals surface area contributed by atoms with E-state index in [0.29, 0.717) is 6.29 Å². The third-order valence-corrected chi connectivity index (χ3v) is 4.35. The first-order valence-electron chi connectivity index (χ1n) is 5.01.